The van der Waals surface area contributed by atoms with Gasteiger partial charge in [0.25, 0.3) is 0 Å². The molecule has 0 radical (unpaired) electrons. The summed E-state index contributed by atoms with van der Waals surface area (Å²) in [6.45, 7) is 4.24. The first kappa shape index (κ1) is 8.94. The van der Waals surface area contributed by atoms with E-state index >= 15 is 0 Å². The lowest BCUT2D eigenvalue weighted by atomic mass is 10.4. The Morgan fingerprint density at radius 2 is 2.44 bits per heavy atom. The molecule has 2 nitrogen and oxygen atoms in total. The molecule has 0 spiro atoms. The minimum atomic E-state index is 0.0949. The molecule has 0 aliphatic heterocycles. The number of rotatable bonds is 4. The fourth-order valence-electron chi connectivity index (χ4n) is 0.361. The molecule has 52 valence electrons. The van der Waals surface area contributed by atoms with E-state index in [9.17, 15) is 4.79 Å². The predicted molar refractivity (Wildman–Crippen MR) is 46.7 cm³/mol. The third-order valence-corrected chi connectivity index (χ3v) is 1.48. The molecule has 0 fully saturated rings. The summed E-state index contributed by atoms with van der Waals surface area (Å²) in [5, 5.41) is 2.72. The van der Waals surface area contributed by atoms with Crippen LogP contribution in [-0.4, -0.2) is 16.9 Å². The summed E-state index contributed by atoms with van der Waals surface area (Å²) >= 11 is 2.03. The number of carbonyl (C=O) groups excluding carboxylic acids is 1. The van der Waals surface area contributed by atoms with E-state index in [1.165, 1.54) is 0 Å². The lowest BCUT2D eigenvalue weighted by molar-refractivity contribution is -0.118. The second kappa shape index (κ2) is 6.07. The number of nitrogens with one attached hydrogen (secondary N) is 1. The van der Waals surface area contributed by atoms with Gasteiger partial charge in [0.1, 0.15) is 0 Å². The maximum Gasteiger partial charge on any atom is 0.229 e. The van der Waals surface area contributed by atoms with Gasteiger partial charge >= 0.3 is 0 Å². The van der Waals surface area contributed by atoms with E-state index in [4.69, 9.17) is 0 Å². The molecular formula is C6H10INO. The summed E-state index contributed by atoms with van der Waals surface area (Å²) in [6.07, 6.45) is 2.63. The Morgan fingerprint density at radius 3 is 2.89 bits per heavy atom. The summed E-state index contributed by atoms with van der Waals surface area (Å²) in [5.74, 6) is 0.0949. The molecule has 0 aromatic heterocycles. The van der Waals surface area contributed by atoms with Crippen LogP contribution in [0.15, 0.2) is 12.7 Å². The van der Waals surface area contributed by atoms with Crippen molar-refractivity contribution in [2.45, 2.75) is 6.42 Å². The fourth-order valence-corrected chi connectivity index (χ4v) is 0.631. The Labute approximate surface area is 68.8 Å². The third kappa shape index (κ3) is 5.82. The minimum Gasteiger partial charge on any atom is -0.355 e. The van der Waals surface area contributed by atoms with Gasteiger partial charge in [-0.15, -0.1) is 6.58 Å². The van der Waals surface area contributed by atoms with Crippen LogP contribution in [0, 0.1) is 0 Å². The Hall–Kier alpha value is -0.0600. The van der Waals surface area contributed by atoms with Crippen molar-refractivity contribution in [3.63, 3.8) is 0 Å². The number of alkyl halides is 1. The van der Waals surface area contributed by atoms with Crippen LogP contribution < -0.4 is 5.32 Å². The van der Waals surface area contributed by atoms with Gasteiger partial charge < -0.3 is 5.32 Å². The van der Waals surface area contributed by atoms with E-state index in [0.717, 1.165) is 6.42 Å². The highest BCUT2D eigenvalue weighted by molar-refractivity contribution is 14.1. The zero-order valence-electron chi connectivity index (χ0n) is 5.19. The number of carbonyl (C=O) groups is 1. The fraction of sp³-hybridized carbons (Fsp3) is 0.500. The van der Waals surface area contributed by atoms with E-state index in [-0.39, 0.29) is 5.91 Å². The summed E-state index contributed by atoms with van der Waals surface area (Å²) in [7, 11) is 0. The van der Waals surface area contributed by atoms with Crippen LogP contribution in [0.3, 0.4) is 0 Å². The van der Waals surface area contributed by atoms with Crippen LogP contribution in [0.4, 0.5) is 0 Å². The van der Waals surface area contributed by atoms with Crippen LogP contribution in [0.25, 0.3) is 0 Å². The Bertz CT molecular complexity index is 103. The average Bonchev–Trinajstić information content (AvgIpc) is 1.89. The summed E-state index contributed by atoms with van der Waals surface area (Å²) < 4.78 is 0.537. The molecule has 0 rings (SSSR count). The summed E-state index contributed by atoms with van der Waals surface area (Å²) in [5.41, 5.74) is 0. The molecule has 9 heavy (non-hydrogen) atoms. The maximum atomic E-state index is 10.5. The maximum absolute atomic E-state index is 10.5. The Balaban J connectivity index is 3.06. The molecule has 0 saturated heterocycles. The highest BCUT2D eigenvalue weighted by Gasteiger charge is 1.92. The van der Waals surface area contributed by atoms with Crippen LogP contribution in [0.1, 0.15) is 6.42 Å². The molecule has 0 aliphatic carbocycles. The second-order valence-corrected chi connectivity index (χ2v) is 2.32. The van der Waals surface area contributed by atoms with Crippen molar-refractivity contribution in [3.8, 4) is 0 Å². The van der Waals surface area contributed by atoms with Gasteiger partial charge in [-0.05, 0) is 6.42 Å². The second-order valence-electron chi connectivity index (χ2n) is 1.56. The first-order chi connectivity index (χ1) is 4.31. The van der Waals surface area contributed by atoms with E-state index in [2.05, 4.69) is 11.9 Å². The van der Waals surface area contributed by atoms with Crippen molar-refractivity contribution in [2.24, 2.45) is 0 Å². The van der Waals surface area contributed by atoms with Crippen LogP contribution in [0.5, 0.6) is 0 Å². The SMILES string of the molecule is C=CCCNC(=O)CI. The molecule has 0 aromatic carbocycles. The average molecular weight is 239 g/mol. The molecule has 0 heterocycles. The smallest absolute Gasteiger partial charge is 0.229 e. The number of amides is 1. The Morgan fingerprint density at radius 1 is 1.78 bits per heavy atom. The lowest BCUT2D eigenvalue weighted by Gasteiger charge is -1.97. The van der Waals surface area contributed by atoms with E-state index < -0.39 is 0 Å². The van der Waals surface area contributed by atoms with Crippen LogP contribution in [0.2, 0.25) is 0 Å². The largest absolute Gasteiger partial charge is 0.355 e. The van der Waals surface area contributed by atoms with Crippen molar-refractivity contribution in [1.82, 2.24) is 5.32 Å². The molecule has 3 heteroatoms. The first-order valence-electron chi connectivity index (χ1n) is 2.74. The number of halogens is 1. The van der Waals surface area contributed by atoms with Gasteiger partial charge in [-0.2, -0.15) is 0 Å². The monoisotopic (exact) mass is 239 g/mol. The quantitative estimate of drug-likeness (QED) is 0.338. The van der Waals surface area contributed by atoms with Crippen molar-refractivity contribution in [3.05, 3.63) is 12.7 Å². The molecular weight excluding hydrogens is 229 g/mol. The van der Waals surface area contributed by atoms with E-state index in [1.807, 2.05) is 22.6 Å². The highest BCUT2D eigenvalue weighted by atomic mass is 127. The molecule has 0 atom stereocenters. The van der Waals surface area contributed by atoms with Crippen LogP contribution >= 0.6 is 22.6 Å². The Kier molecular flexibility index (Phi) is 6.03. The summed E-state index contributed by atoms with van der Waals surface area (Å²) in [4.78, 5) is 10.5. The normalized spacial score (nSPS) is 8.56. The van der Waals surface area contributed by atoms with Crippen LogP contribution in [-0.2, 0) is 4.79 Å². The molecule has 0 unspecified atom stereocenters. The van der Waals surface area contributed by atoms with Crippen molar-refractivity contribution in [1.29, 1.82) is 0 Å². The number of hydrogen-bond acceptors (Lipinski definition) is 1. The van der Waals surface area contributed by atoms with Crippen molar-refractivity contribution in [2.75, 3.05) is 11.0 Å². The third-order valence-electron chi connectivity index (χ3n) is 0.792. The molecule has 1 amide bonds. The van der Waals surface area contributed by atoms with Gasteiger partial charge in [-0.25, -0.2) is 0 Å². The summed E-state index contributed by atoms with van der Waals surface area (Å²) in [6, 6.07) is 0. The number of hydrogen-bond donors (Lipinski definition) is 1. The van der Waals surface area contributed by atoms with Gasteiger partial charge in [0.15, 0.2) is 0 Å². The molecule has 0 aromatic rings. The minimum absolute atomic E-state index is 0.0949. The lowest BCUT2D eigenvalue weighted by Crippen LogP contribution is -2.24. The van der Waals surface area contributed by atoms with Crippen molar-refractivity contribution >= 4 is 28.5 Å². The van der Waals surface area contributed by atoms with Crippen molar-refractivity contribution < 1.29 is 4.79 Å². The molecule has 1 N–H and O–H groups in total. The van der Waals surface area contributed by atoms with Gasteiger partial charge in [0, 0.05) is 6.54 Å². The van der Waals surface area contributed by atoms with E-state index in [1.54, 1.807) is 6.08 Å². The topological polar surface area (TPSA) is 29.1 Å². The molecule has 0 aliphatic rings. The van der Waals surface area contributed by atoms with Gasteiger partial charge in [0.05, 0.1) is 4.43 Å². The standard InChI is InChI=1S/C6H10INO/c1-2-3-4-8-6(9)5-7/h2H,1,3-5H2,(H,8,9). The molecule has 0 saturated carbocycles. The predicted octanol–water partition coefficient (Wildman–Crippen LogP) is 1.11. The van der Waals surface area contributed by atoms with Gasteiger partial charge in [-0.3, -0.25) is 4.79 Å². The zero-order chi connectivity index (χ0) is 7.11. The van der Waals surface area contributed by atoms with E-state index in [0.29, 0.717) is 11.0 Å². The van der Waals surface area contributed by atoms with Gasteiger partial charge in [-0.1, -0.05) is 28.7 Å². The molecule has 0 bridgehead atoms. The van der Waals surface area contributed by atoms with Gasteiger partial charge in [0.2, 0.25) is 5.91 Å². The zero-order valence-corrected chi connectivity index (χ0v) is 7.35. The first-order valence-corrected chi connectivity index (χ1v) is 4.27. The highest BCUT2D eigenvalue weighted by Crippen LogP contribution is 1.80.